The number of rotatable bonds is 5. The van der Waals surface area contributed by atoms with E-state index in [0.717, 1.165) is 0 Å². The van der Waals surface area contributed by atoms with Gasteiger partial charge in [0.15, 0.2) is 5.69 Å². The minimum Gasteiger partial charge on any atom is -0.396 e. The molecule has 0 fully saturated rings. The van der Waals surface area contributed by atoms with Crippen molar-refractivity contribution in [2.75, 3.05) is 26.4 Å². The Labute approximate surface area is 120 Å². The average molecular weight is 279 g/mol. The molecule has 3 N–H and O–H groups in total. The van der Waals surface area contributed by atoms with Crippen LogP contribution in [0.25, 0.3) is 0 Å². The number of nitrogen functional groups attached to an aromatic ring is 1. The standard InChI is InChI=1S/C14H25N5O/c1-9(2)12-16-7-10(15)11(18-12)13(20)17-8-14(3,4)19(5)6/h7,9H,8,15H2,1-6H3,(H,17,20). The highest BCUT2D eigenvalue weighted by Crippen LogP contribution is 2.14. The first kappa shape index (κ1) is 16.4. The molecule has 1 aromatic rings. The highest BCUT2D eigenvalue weighted by Gasteiger charge is 2.22. The van der Waals surface area contributed by atoms with Crippen LogP contribution in [0.4, 0.5) is 5.69 Å². The van der Waals surface area contributed by atoms with E-state index in [1.165, 1.54) is 6.20 Å². The maximum Gasteiger partial charge on any atom is 0.272 e. The summed E-state index contributed by atoms with van der Waals surface area (Å²) in [7, 11) is 3.95. The lowest BCUT2D eigenvalue weighted by molar-refractivity contribution is 0.0915. The monoisotopic (exact) mass is 279 g/mol. The zero-order valence-corrected chi connectivity index (χ0v) is 13.2. The molecule has 1 aromatic heterocycles. The first-order valence-corrected chi connectivity index (χ1v) is 6.73. The van der Waals surface area contributed by atoms with Crippen molar-refractivity contribution in [1.29, 1.82) is 0 Å². The second kappa shape index (κ2) is 6.17. The summed E-state index contributed by atoms with van der Waals surface area (Å²) in [6, 6.07) is 0. The number of hydrogen-bond acceptors (Lipinski definition) is 5. The van der Waals surface area contributed by atoms with Crippen LogP contribution in [-0.2, 0) is 0 Å². The zero-order chi connectivity index (χ0) is 15.5. The second-order valence-corrected chi connectivity index (χ2v) is 6.08. The first-order valence-electron chi connectivity index (χ1n) is 6.73. The Kier molecular flexibility index (Phi) is 5.05. The molecule has 0 saturated heterocycles. The number of aromatic nitrogens is 2. The molecule has 6 heteroatoms. The molecule has 1 amide bonds. The minimum atomic E-state index is -0.262. The van der Waals surface area contributed by atoms with Crippen molar-refractivity contribution in [2.45, 2.75) is 39.2 Å². The maximum atomic E-state index is 12.2. The lowest BCUT2D eigenvalue weighted by atomic mass is 10.0. The third-order valence-electron chi connectivity index (χ3n) is 3.46. The summed E-state index contributed by atoms with van der Waals surface area (Å²) in [5.74, 6) is 0.512. The van der Waals surface area contributed by atoms with Gasteiger partial charge in [-0.2, -0.15) is 0 Å². The maximum absolute atomic E-state index is 12.2. The van der Waals surface area contributed by atoms with Crippen LogP contribution in [0.5, 0.6) is 0 Å². The Bertz CT molecular complexity index is 482. The van der Waals surface area contributed by atoms with Gasteiger partial charge in [0.2, 0.25) is 0 Å². The fraction of sp³-hybridized carbons (Fsp3) is 0.643. The van der Waals surface area contributed by atoms with E-state index in [9.17, 15) is 4.79 Å². The molecule has 112 valence electrons. The third-order valence-corrected chi connectivity index (χ3v) is 3.46. The van der Waals surface area contributed by atoms with Gasteiger partial charge in [-0.3, -0.25) is 4.79 Å². The predicted octanol–water partition coefficient (Wildman–Crippen LogP) is 1.25. The number of anilines is 1. The highest BCUT2D eigenvalue weighted by atomic mass is 16.1. The summed E-state index contributed by atoms with van der Waals surface area (Å²) in [5, 5.41) is 2.88. The molecule has 0 saturated carbocycles. The summed E-state index contributed by atoms with van der Waals surface area (Å²) in [6.45, 7) is 8.57. The molecule has 0 radical (unpaired) electrons. The largest absolute Gasteiger partial charge is 0.396 e. The van der Waals surface area contributed by atoms with Crippen molar-refractivity contribution in [3.05, 3.63) is 17.7 Å². The molecule has 0 aliphatic carbocycles. The third kappa shape index (κ3) is 3.90. The molecule has 0 aromatic carbocycles. The first-order chi connectivity index (χ1) is 9.15. The fourth-order valence-corrected chi connectivity index (χ4v) is 1.40. The van der Waals surface area contributed by atoms with Gasteiger partial charge < -0.3 is 16.0 Å². The summed E-state index contributed by atoms with van der Waals surface area (Å²) in [6.07, 6.45) is 1.49. The van der Waals surface area contributed by atoms with Crippen LogP contribution in [0.15, 0.2) is 6.20 Å². The molecule has 1 rings (SSSR count). The van der Waals surface area contributed by atoms with Crippen LogP contribution < -0.4 is 11.1 Å². The molecule has 20 heavy (non-hydrogen) atoms. The SMILES string of the molecule is CC(C)c1ncc(N)c(C(=O)NCC(C)(C)N(C)C)n1. The number of amides is 1. The topological polar surface area (TPSA) is 84.1 Å². The molecule has 0 aliphatic rings. The number of likely N-dealkylation sites (N-methyl/N-ethyl adjacent to an activating group) is 1. The lowest BCUT2D eigenvalue weighted by Crippen LogP contribution is -2.48. The average Bonchev–Trinajstić information content (AvgIpc) is 2.36. The van der Waals surface area contributed by atoms with Crippen LogP contribution in [0.1, 0.15) is 49.9 Å². The smallest absolute Gasteiger partial charge is 0.272 e. The molecule has 0 spiro atoms. The van der Waals surface area contributed by atoms with E-state index in [1.54, 1.807) is 0 Å². The Balaban J connectivity index is 2.85. The normalized spacial score (nSPS) is 12.0. The summed E-state index contributed by atoms with van der Waals surface area (Å²) in [4.78, 5) is 22.7. The van der Waals surface area contributed by atoms with Crippen molar-refractivity contribution in [1.82, 2.24) is 20.2 Å². The van der Waals surface area contributed by atoms with Crippen molar-refractivity contribution >= 4 is 11.6 Å². The Morgan fingerprint density at radius 2 is 2.05 bits per heavy atom. The highest BCUT2D eigenvalue weighted by molar-refractivity contribution is 5.96. The Morgan fingerprint density at radius 1 is 1.45 bits per heavy atom. The number of nitrogens with zero attached hydrogens (tertiary/aromatic N) is 3. The van der Waals surface area contributed by atoms with E-state index in [0.29, 0.717) is 18.1 Å². The lowest BCUT2D eigenvalue weighted by Gasteiger charge is -2.32. The quantitative estimate of drug-likeness (QED) is 0.847. The molecular weight excluding hydrogens is 254 g/mol. The van der Waals surface area contributed by atoms with Crippen molar-refractivity contribution in [2.24, 2.45) is 0 Å². The van der Waals surface area contributed by atoms with Crippen LogP contribution >= 0.6 is 0 Å². The Morgan fingerprint density at radius 3 is 2.55 bits per heavy atom. The summed E-state index contributed by atoms with van der Waals surface area (Å²) < 4.78 is 0. The molecule has 1 heterocycles. The second-order valence-electron chi connectivity index (χ2n) is 6.08. The van der Waals surface area contributed by atoms with Gasteiger partial charge in [-0.05, 0) is 27.9 Å². The molecule has 0 aliphatic heterocycles. The van der Waals surface area contributed by atoms with Gasteiger partial charge >= 0.3 is 0 Å². The predicted molar refractivity (Wildman–Crippen MR) is 80.6 cm³/mol. The van der Waals surface area contributed by atoms with E-state index < -0.39 is 0 Å². The van der Waals surface area contributed by atoms with Crippen LogP contribution in [-0.4, -0.2) is 47.0 Å². The van der Waals surface area contributed by atoms with Gasteiger partial charge in [0.25, 0.3) is 5.91 Å². The van der Waals surface area contributed by atoms with Gasteiger partial charge in [0.1, 0.15) is 5.82 Å². The summed E-state index contributed by atoms with van der Waals surface area (Å²) >= 11 is 0. The van der Waals surface area contributed by atoms with E-state index in [2.05, 4.69) is 34.0 Å². The van der Waals surface area contributed by atoms with Gasteiger partial charge in [-0.25, -0.2) is 9.97 Å². The number of carbonyl (C=O) groups excluding carboxylic acids is 1. The molecule has 6 nitrogen and oxygen atoms in total. The van der Waals surface area contributed by atoms with Gasteiger partial charge in [0.05, 0.1) is 11.9 Å². The number of nitrogens with two attached hydrogens (primary N) is 1. The van der Waals surface area contributed by atoms with Crippen molar-refractivity contribution in [3.8, 4) is 0 Å². The van der Waals surface area contributed by atoms with E-state index in [1.807, 2.05) is 27.9 Å². The van der Waals surface area contributed by atoms with Crippen molar-refractivity contribution in [3.63, 3.8) is 0 Å². The van der Waals surface area contributed by atoms with E-state index in [-0.39, 0.29) is 23.1 Å². The zero-order valence-electron chi connectivity index (χ0n) is 13.2. The molecule has 0 atom stereocenters. The number of nitrogens with one attached hydrogen (secondary N) is 1. The van der Waals surface area contributed by atoms with Gasteiger partial charge in [-0.1, -0.05) is 13.8 Å². The van der Waals surface area contributed by atoms with Crippen LogP contribution in [0.2, 0.25) is 0 Å². The Hall–Kier alpha value is -1.69. The van der Waals surface area contributed by atoms with E-state index in [4.69, 9.17) is 5.73 Å². The number of hydrogen-bond donors (Lipinski definition) is 2. The van der Waals surface area contributed by atoms with Crippen LogP contribution in [0, 0.1) is 0 Å². The molecule has 0 bridgehead atoms. The van der Waals surface area contributed by atoms with E-state index >= 15 is 0 Å². The molecular formula is C14H25N5O. The number of carbonyl (C=O) groups is 1. The van der Waals surface area contributed by atoms with Crippen LogP contribution in [0.3, 0.4) is 0 Å². The fourth-order valence-electron chi connectivity index (χ4n) is 1.40. The van der Waals surface area contributed by atoms with Crippen molar-refractivity contribution < 1.29 is 4.79 Å². The minimum absolute atomic E-state index is 0.141. The van der Waals surface area contributed by atoms with Gasteiger partial charge in [0, 0.05) is 18.0 Å². The summed E-state index contributed by atoms with van der Waals surface area (Å²) in [5.41, 5.74) is 6.20. The molecule has 0 unspecified atom stereocenters. The van der Waals surface area contributed by atoms with Gasteiger partial charge in [-0.15, -0.1) is 0 Å².